The van der Waals surface area contributed by atoms with Gasteiger partial charge in [-0.1, -0.05) is 127 Å². The quantitative estimate of drug-likeness (QED) is 0.178. The molecule has 0 saturated carbocycles. The Morgan fingerprint density at radius 1 is 0.347 bits per heavy atom. The van der Waals surface area contributed by atoms with Crippen LogP contribution in [0.5, 0.6) is 0 Å². The van der Waals surface area contributed by atoms with Gasteiger partial charge in [-0.2, -0.15) is 0 Å². The lowest BCUT2D eigenvalue weighted by Crippen LogP contribution is -2.10. The first-order chi connectivity index (χ1) is 24.3. The zero-order valence-electron chi connectivity index (χ0n) is 26.5. The Labute approximate surface area is 292 Å². The zero-order chi connectivity index (χ0) is 32.3. The second-order valence-corrected chi connectivity index (χ2v) is 14.6. The van der Waals surface area contributed by atoms with Gasteiger partial charge in [0.2, 0.25) is 0 Å². The molecule has 0 radical (unpaired) electrons. The number of hydrogen-bond donors (Lipinski definition) is 0. The Morgan fingerprint density at radius 3 is 1.51 bits per heavy atom. The predicted octanol–water partition coefficient (Wildman–Crippen LogP) is 14.4. The average molecular weight is 660 g/mol. The third-order valence-corrected chi connectivity index (χ3v) is 12.1. The lowest BCUT2D eigenvalue weighted by atomic mass is 9.93. The summed E-state index contributed by atoms with van der Waals surface area (Å²) in [5.74, 6) is 0. The van der Waals surface area contributed by atoms with E-state index in [4.69, 9.17) is 0 Å². The Morgan fingerprint density at radius 2 is 0.878 bits per heavy atom. The SMILES string of the molecule is c1ccc(-c2cc(-c3ccc(N(c4cccc5c4sc4ccccc45)c4cccc5c4sc4ccccc45)cc3)cc3ccccc23)cc1. The molecule has 1 nitrogen and oxygen atoms in total. The fourth-order valence-electron chi connectivity index (χ4n) is 7.36. The van der Waals surface area contributed by atoms with Crippen LogP contribution < -0.4 is 4.90 Å². The van der Waals surface area contributed by atoms with Crippen molar-refractivity contribution in [3.05, 3.63) is 176 Å². The van der Waals surface area contributed by atoms with E-state index in [1.165, 1.54) is 84.7 Å². The molecule has 230 valence electrons. The van der Waals surface area contributed by atoms with Crippen molar-refractivity contribution < 1.29 is 0 Å². The van der Waals surface area contributed by atoms with Gasteiger partial charge < -0.3 is 4.90 Å². The molecular formula is C46H29NS2. The molecule has 0 saturated heterocycles. The van der Waals surface area contributed by atoms with E-state index in [2.05, 4.69) is 181 Å². The van der Waals surface area contributed by atoms with Gasteiger partial charge in [-0.15, -0.1) is 22.7 Å². The number of thiophene rings is 2. The number of rotatable bonds is 5. The van der Waals surface area contributed by atoms with E-state index in [0.29, 0.717) is 0 Å². The predicted molar refractivity (Wildman–Crippen MR) is 215 cm³/mol. The molecule has 0 aliphatic carbocycles. The summed E-state index contributed by atoms with van der Waals surface area (Å²) in [6.45, 7) is 0. The molecule has 3 heteroatoms. The second kappa shape index (κ2) is 11.5. The summed E-state index contributed by atoms with van der Waals surface area (Å²) < 4.78 is 5.22. The largest absolute Gasteiger partial charge is 0.308 e. The van der Waals surface area contributed by atoms with Gasteiger partial charge in [0, 0.05) is 36.6 Å². The van der Waals surface area contributed by atoms with Crippen LogP contribution in [0.25, 0.3) is 73.4 Å². The standard InChI is InChI=1S/C46H29NS2/c1-2-12-31(13-3-1)40-29-33(28-32-14-4-5-15-35(32)40)30-24-26-34(27-25-30)47(41-20-10-18-38-36-16-6-8-22-43(36)48-45(38)41)42-21-11-19-39-37-17-7-9-23-44(37)49-46(39)42/h1-29H. The fourth-order valence-corrected chi connectivity index (χ4v) is 9.77. The van der Waals surface area contributed by atoms with Gasteiger partial charge in [0.1, 0.15) is 0 Å². The first-order valence-corrected chi connectivity index (χ1v) is 18.2. The molecule has 0 atom stereocenters. The molecule has 0 unspecified atom stereocenters. The lowest BCUT2D eigenvalue weighted by molar-refractivity contribution is 1.32. The number of nitrogens with zero attached hydrogens (tertiary/aromatic N) is 1. The molecule has 2 aromatic heterocycles. The summed E-state index contributed by atoms with van der Waals surface area (Å²) >= 11 is 3.76. The van der Waals surface area contributed by atoms with E-state index >= 15 is 0 Å². The van der Waals surface area contributed by atoms with Crippen molar-refractivity contribution in [3.63, 3.8) is 0 Å². The number of benzene rings is 8. The lowest BCUT2D eigenvalue weighted by Gasteiger charge is -2.27. The van der Waals surface area contributed by atoms with E-state index in [9.17, 15) is 0 Å². The second-order valence-electron chi connectivity index (χ2n) is 12.5. The van der Waals surface area contributed by atoms with Gasteiger partial charge in [0.25, 0.3) is 0 Å². The minimum Gasteiger partial charge on any atom is -0.308 e. The molecule has 0 N–H and O–H groups in total. The van der Waals surface area contributed by atoms with Crippen LogP contribution in [0.1, 0.15) is 0 Å². The summed E-state index contributed by atoms with van der Waals surface area (Å²) in [4.78, 5) is 2.48. The van der Waals surface area contributed by atoms with Crippen LogP contribution in [-0.4, -0.2) is 0 Å². The van der Waals surface area contributed by atoms with E-state index in [-0.39, 0.29) is 0 Å². The highest BCUT2D eigenvalue weighted by molar-refractivity contribution is 7.27. The van der Waals surface area contributed by atoms with Crippen LogP contribution in [0, 0.1) is 0 Å². The van der Waals surface area contributed by atoms with Crippen molar-refractivity contribution in [2.45, 2.75) is 0 Å². The molecule has 49 heavy (non-hydrogen) atoms. The highest BCUT2D eigenvalue weighted by Crippen LogP contribution is 2.49. The van der Waals surface area contributed by atoms with Crippen LogP contribution in [0.2, 0.25) is 0 Å². The average Bonchev–Trinajstić information content (AvgIpc) is 3.75. The van der Waals surface area contributed by atoms with Gasteiger partial charge in [-0.05, 0) is 81.6 Å². The van der Waals surface area contributed by atoms with E-state index in [0.717, 1.165) is 5.69 Å². The molecular weight excluding hydrogens is 631 g/mol. The summed E-state index contributed by atoms with van der Waals surface area (Å²) in [5.41, 5.74) is 8.45. The molecule has 2 heterocycles. The van der Waals surface area contributed by atoms with E-state index in [1.54, 1.807) is 0 Å². The van der Waals surface area contributed by atoms with Crippen molar-refractivity contribution >= 4 is 90.9 Å². The fraction of sp³-hybridized carbons (Fsp3) is 0. The van der Waals surface area contributed by atoms with Gasteiger partial charge in [0.15, 0.2) is 0 Å². The molecule has 0 aliphatic heterocycles. The first kappa shape index (κ1) is 28.3. The Bertz CT molecular complexity index is 2710. The van der Waals surface area contributed by atoms with Gasteiger partial charge >= 0.3 is 0 Å². The first-order valence-electron chi connectivity index (χ1n) is 16.6. The summed E-state index contributed by atoms with van der Waals surface area (Å²) in [5, 5.41) is 7.74. The molecule has 0 fully saturated rings. The van der Waals surface area contributed by atoms with E-state index < -0.39 is 0 Å². The van der Waals surface area contributed by atoms with Gasteiger partial charge in [0.05, 0.1) is 20.8 Å². The van der Waals surface area contributed by atoms with Crippen LogP contribution in [0.15, 0.2) is 176 Å². The molecule has 10 aromatic rings. The minimum absolute atomic E-state index is 1.14. The summed E-state index contributed by atoms with van der Waals surface area (Å²) in [6, 6.07) is 64.4. The summed E-state index contributed by atoms with van der Waals surface area (Å²) in [6.07, 6.45) is 0. The molecule has 10 rings (SSSR count). The van der Waals surface area contributed by atoms with Crippen LogP contribution in [-0.2, 0) is 0 Å². The normalized spacial score (nSPS) is 11.7. The van der Waals surface area contributed by atoms with Gasteiger partial charge in [-0.3, -0.25) is 0 Å². The maximum atomic E-state index is 2.48. The van der Waals surface area contributed by atoms with Crippen LogP contribution in [0.3, 0.4) is 0 Å². The molecule has 0 aliphatic rings. The zero-order valence-corrected chi connectivity index (χ0v) is 28.1. The monoisotopic (exact) mass is 659 g/mol. The maximum Gasteiger partial charge on any atom is 0.0640 e. The van der Waals surface area contributed by atoms with Crippen molar-refractivity contribution in [2.75, 3.05) is 4.90 Å². The molecule has 0 spiro atoms. The molecule has 0 bridgehead atoms. The van der Waals surface area contributed by atoms with Crippen LogP contribution in [0.4, 0.5) is 17.1 Å². The highest BCUT2D eigenvalue weighted by Gasteiger charge is 2.21. The smallest absolute Gasteiger partial charge is 0.0640 e. The number of anilines is 3. The number of fused-ring (bicyclic) bond motifs is 7. The topological polar surface area (TPSA) is 3.24 Å². The van der Waals surface area contributed by atoms with E-state index in [1.807, 2.05) is 22.7 Å². The van der Waals surface area contributed by atoms with Crippen molar-refractivity contribution in [2.24, 2.45) is 0 Å². The van der Waals surface area contributed by atoms with Crippen molar-refractivity contribution in [1.82, 2.24) is 0 Å². The maximum absolute atomic E-state index is 2.48. The third kappa shape index (κ3) is 4.66. The van der Waals surface area contributed by atoms with Crippen LogP contribution >= 0.6 is 22.7 Å². The van der Waals surface area contributed by atoms with Crippen molar-refractivity contribution in [1.29, 1.82) is 0 Å². The number of hydrogen-bond acceptors (Lipinski definition) is 3. The molecule has 0 amide bonds. The van der Waals surface area contributed by atoms with Crippen molar-refractivity contribution in [3.8, 4) is 22.3 Å². The highest BCUT2D eigenvalue weighted by atomic mass is 32.1. The van der Waals surface area contributed by atoms with Gasteiger partial charge in [-0.25, -0.2) is 0 Å². The Balaban J connectivity index is 1.18. The molecule has 8 aromatic carbocycles. The summed E-state index contributed by atoms with van der Waals surface area (Å²) in [7, 11) is 0. The minimum atomic E-state index is 1.14. The third-order valence-electron chi connectivity index (χ3n) is 9.65. The Kier molecular flexibility index (Phi) is 6.61. The Hall–Kier alpha value is -5.74.